The molecule has 0 radical (unpaired) electrons. The van der Waals surface area contributed by atoms with Crippen LogP contribution in [0, 0.1) is 0 Å². The molecule has 15 heavy (non-hydrogen) atoms. The van der Waals surface area contributed by atoms with Gasteiger partial charge in [-0.2, -0.15) is 10.2 Å². The van der Waals surface area contributed by atoms with Crippen LogP contribution in [-0.4, -0.2) is 17.4 Å². The van der Waals surface area contributed by atoms with E-state index >= 15 is 0 Å². The molecule has 1 aromatic carbocycles. The number of hydrogen-bond acceptors (Lipinski definition) is 4. The summed E-state index contributed by atoms with van der Waals surface area (Å²) in [4.78, 5) is 13.6. The lowest BCUT2D eigenvalue weighted by molar-refractivity contribution is 0.555. The molecule has 5 nitrogen and oxygen atoms in total. The summed E-state index contributed by atoms with van der Waals surface area (Å²) in [6.07, 6.45) is 4.09. The van der Waals surface area contributed by atoms with Crippen LogP contribution >= 0.6 is 0 Å². The second-order valence-electron chi connectivity index (χ2n) is 3.31. The number of nitrogens with zero attached hydrogens (tertiary/aromatic N) is 2. The Bertz CT molecular complexity index is 634. The Morgan fingerprint density at radius 2 is 2.27 bits per heavy atom. The zero-order chi connectivity index (χ0) is 10.3. The Balaban J connectivity index is 2.34. The third-order valence-electron chi connectivity index (χ3n) is 2.34. The molecule has 0 unspecified atom stereocenters. The highest BCUT2D eigenvalue weighted by Gasteiger charge is 2.08. The van der Waals surface area contributed by atoms with Crippen LogP contribution in [0.25, 0.3) is 11.1 Å². The van der Waals surface area contributed by atoms with E-state index in [0.717, 1.165) is 11.1 Å². The molecule has 5 heteroatoms. The average Bonchev–Trinajstić information content (AvgIpc) is 2.44. The third kappa shape index (κ3) is 1.28. The number of rotatable bonds is 0. The summed E-state index contributed by atoms with van der Waals surface area (Å²) in [5.41, 5.74) is 3.27. The monoisotopic (exact) mass is 201 g/mol. The molecule has 0 saturated carbocycles. The van der Waals surface area contributed by atoms with E-state index in [1.54, 1.807) is 18.5 Å². The van der Waals surface area contributed by atoms with Crippen molar-refractivity contribution in [2.45, 2.75) is 6.42 Å². The molecule has 0 spiro atoms. The number of hydrogen-bond donors (Lipinski definition) is 1. The van der Waals surface area contributed by atoms with Crippen LogP contribution in [0.2, 0.25) is 0 Å². The first-order chi connectivity index (χ1) is 7.33. The quantitative estimate of drug-likeness (QED) is 0.692. The number of nitrogens with one attached hydrogen (secondary N) is 1. The minimum Gasteiger partial charge on any atom is -0.408 e. The normalized spacial score (nSPS) is 14.1. The van der Waals surface area contributed by atoms with Crippen LogP contribution in [0.3, 0.4) is 0 Å². The summed E-state index contributed by atoms with van der Waals surface area (Å²) in [5.74, 6) is -0.434. The van der Waals surface area contributed by atoms with Gasteiger partial charge in [-0.15, -0.1) is 0 Å². The van der Waals surface area contributed by atoms with Gasteiger partial charge < -0.3 is 4.42 Å². The smallest absolute Gasteiger partial charge is 0.408 e. The van der Waals surface area contributed by atoms with Crippen molar-refractivity contribution in [3.05, 3.63) is 33.8 Å². The molecular weight excluding hydrogens is 194 g/mol. The Morgan fingerprint density at radius 3 is 3.20 bits per heavy atom. The second kappa shape index (κ2) is 2.91. The number of aromatic nitrogens is 1. The molecule has 1 aliphatic heterocycles. The molecule has 1 aliphatic rings. The second-order valence-corrected chi connectivity index (χ2v) is 3.31. The van der Waals surface area contributed by atoms with E-state index in [1.165, 1.54) is 0 Å². The Morgan fingerprint density at radius 1 is 1.33 bits per heavy atom. The van der Waals surface area contributed by atoms with Crippen LogP contribution in [0.5, 0.6) is 0 Å². The van der Waals surface area contributed by atoms with Crippen LogP contribution in [0.1, 0.15) is 11.1 Å². The van der Waals surface area contributed by atoms with Crippen LogP contribution in [0.4, 0.5) is 0 Å². The van der Waals surface area contributed by atoms with Crippen LogP contribution < -0.4 is 5.76 Å². The Labute approximate surface area is 84.1 Å². The van der Waals surface area contributed by atoms with E-state index in [1.807, 2.05) is 6.07 Å². The maximum Gasteiger partial charge on any atom is 0.417 e. The van der Waals surface area contributed by atoms with E-state index in [9.17, 15) is 4.79 Å². The van der Waals surface area contributed by atoms with Gasteiger partial charge in [-0.05, 0) is 17.7 Å². The summed E-state index contributed by atoms with van der Waals surface area (Å²) < 4.78 is 4.96. The molecule has 0 bridgehead atoms. The lowest BCUT2D eigenvalue weighted by atomic mass is 10.1. The highest BCUT2D eigenvalue weighted by molar-refractivity contribution is 5.90. The van der Waals surface area contributed by atoms with Crippen molar-refractivity contribution in [2.24, 2.45) is 10.2 Å². The van der Waals surface area contributed by atoms with Crippen LogP contribution in [0.15, 0.2) is 31.5 Å². The number of H-pyrrole nitrogens is 1. The lowest BCUT2D eigenvalue weighted by Gasteiger charge is -1.99. The fourth-order valence-electron chi connectivity index (χ4n) is 1.64. The third-order valence-corrected chi connectivity index (χ3v) is 2.34. The van der Waals surface area contributed by atoms with Crippen LogP contribution in [-0.2, 0) is 6.42 Å². The van der Waals surface area contributed by atoms with E-state index in [2.05, 4.69) is 15.2 Å². The first-order valence-electron chi connectivity index (χ1n) is 4.53. The summed E-state index contributed by atoms with van der Waals surface area (Å²) in [5, 5.41) is 7.66. The fraction of sp³-hybridized carbons (Fsp3) is 0.100. The molecule has 3 rings (SSSR count). The zero-order valence-electron chi connectivity index (χ0n) is 7.73. The number of oxazole rings is 1. The summed E-state index contributed by atoms with van der Waals surface area (Å²) in [7, 11) is 0. The predicted octanol–water partition coefficient (Wildman–Crippen LogP) is 1.08. The van der Waals surface area contributed by atoms with Crippen molar-refractivity contribution in [3.8, 4) is 0 Å². The van der Waals surface area contributed by atoms with Gasteiger partial charge in [0.2, 0.25) is 0 Å². The molecular formula is C10H7N3O2. The molecule has 1 N–H and O–H groups in total. The molecule has 2 aromatic rings. The largest absolute Gasteiger partial charge is 0.417 e. The summed E-state index contributed by atoms with van der Waals surface area (Å²) >= 11 is 0. The molecule has 0 amide bonds. The van der Waals surface area contributed by atoms with E-state index in [-0.39, 0.29) is 0 Å². The van der Waals surface area contributed by atoms with Gasteiger partial charge in [-0.3, -0.25) is 4.98 Å². The van der Waals surface area contributed by atoms with Gasteiger partial charge in [0.15, 0.2) is 5.58 Å². The van der Waals surface area contributed by atoms with Gasteiger partial charge in [-0.25, -0.2) is 4.79 Å². The highest BCUT2D eigenvalue weighted by atomic mass is 16.4. The number of aromatic amines is 1. The van der Waals surface area contributed by atoms with Crippen molar-refractivity contribution in [1.29, 1.82) is 0 Å². The standard InChI is InChI=1S/C10H7N3O2/c14-10-13-8-3-6-1-2-11-12-5-7(6)4-9(8)15-10/h2-5H,1H2,(H,13,14). The summed E-state index contributed by atoms with van der Waals surface area (Å²) in [6.45, 7) is 0. The van der Waals surface area contributed by atoms with Crippen molar-refractivity contribution >= 4 is 23.5 Å². The molecule has 74 valence electrons. The Hall–Kier alpha value is -2.17. The Kier molecular flexibility index (Phi) is 1.58. The fourth-order valence-corrected chi connectivity index (χ4v) is 1.64. The van der Waals surface area contributed by atoms with Gasteiger partial charge in [-0.1, -0.05) is 0 Å². The van der Waals surface area contributed by atoms with Crippen molar-refractivity contribution in [1.82, 2.24) is 4.98 Å². The first kappa shape index (κ1) is 8.16. The van der Waals surface area contributed by atoms with Gasteiger partial charge in [0.25, 0.3) is 0 Å². The lowest BCUT2D eigenvalue weighted by Crippen LogP contribution is -1.94. The highest BCUT2D eigenvalue weighted by Crippen LogP contribution is 2.17. The van der Waals surface area contributed by atoms with Crippen molar-refractivity contribution < 1.29 is 4.42 Å². The SMILES string of the molecule is O=c1[nH]c2cc3c(cc2o1)C=NN=CC3. The maximum atomic E-state index is 11.0. The number of fused-ring (bicyclic) bond motifs is 2. The zero-order valence-corrected chi connectivity index (χ0v) is 7.73. The topological polar surface area (TPSA) is 70.7 Å². The molecule has 0 aliphatic carbocycles. The molecule has 0 atom stereocenters. The minimum atomic E-state index is -0.434. The molecule has 1 aromatic heterocycles. The van der Waals surface area contributed by atoms with Gasteiger partial charge in [0.1, 0.15) is 0 Å². The van der Waals surface area contributed by atoms with Gasteiger partial charge >= 0.3 is 5.76 Å². The minimum absolute atomic E-state index is 0.434. The van der Waals surface area contributed by atoms with Crippen molar-refractivity contribution in [3.63, 3.8) is 0 Å². The van der Waals surface area contributed by atoms with E-state index in [0.29, 0.717) is 17.5 Å². The van der Waals surface area contributed by atoms with Gasteiger partial charge in [0, 0.05) is 18.2 Å². The maximum absolute atomic E-state index is 11.0. The van der Waals surface area contributed by atoms with E-state index in [4.69, 9.17) is 4.42 Å². The first-order valence-corrected chi connectivity index (χ1v) is 4.53. The average molecular weight is 201 g/mol. The molecule has 2 heterocycles. The number of benzene rings is 1. The van der Waals surface area contributed by atoms with Gasteiger partial charge in [0.05, 0.1) is 11.7 Å². The van der Waals surface area contributed by atoms with Crippen molar-refractivity contribution in [2.75, 3.05) is 0 Å². The molecule has 0 fully saturated rings. The molecule has 0 saturated heterocycles. The summed E-state index contributed by atoms with van der Waals surface area (Å²) in [6, 6.07) is 3.68. The predicted molar refractivity (Wildman–Crippen MR) is 56.6 cm³/mol. The van der Waals surface area contributed by atoms with E-state index < -0.39 is 5.76 Å².